The predicted octanol–water partition coefficient (Wildman–Crippen LogP) is 2.92. The van der Waals surface area contributed by atoms with E-state index in [9.17, 15) is 9.18 Å². The van der Waals surface area contributed by atoms with Crippen LogP contribution in [-0.4, -0.2) is 31.6 Å². The molecule has 0 saturated carbocycles. The van der Waals surface area contributed by atoms with E-state index >= 15 is 0 Å². The number of hydrogen-bond acceptors (Lipinski definition) is 4. The van der Waals surface area contributed by atoms with Crippen LogP contribution in [0.5, 0.6) is 0 Å². The lowest BCUT2D eigenvalue weighted by atomic mass is 10.2. The van der Waals surface area contributed by atoms with Crippen molar-refractivity contribution in [3.63, 3.8) is 0 Å². The highest BCUT2D eigenvalue weighted by atomic mass is 32.2. The first-order chi connectivity index (χ1) is 9.97. The fraction of sp³-hybridized carbons (Fsp3) is 0.357. The average molecular weight is 309 g/mol. The van der Waals surface area contributed by atoms with Crippen LogP contribution < -0.4 is 0 Å². The van der Waals surface area contributed by atoms with E-state index < -0.39 is 5.97 Å². The normalized spacial score (nSPS) is 11.0. The first-order valence-corrected chi connectivity index (χ1v) is 7.49. The Labute approximate surface area is 126 Å². The second-order valence-electron chi connectivity index (χ2n) is 5.00. The zero-order chi connectivity index (χ0) is 15.4. The lowest BCUT2D eigenvalue weighted by Crippen LogP contribution is -2.09. The Balaban J connectivity index is 2.35. The van der Waals surface area contributed by atoms with Crippen molar-refractivity contribution in [1.29, 1.82) is 0 Å². The van der Waals surface area contributed by atoms with Crippen molar-refractivity contribution in [3.05, 3.63) is 30.1 Å². The van der Waals surface area contributed by atoms with Crippen LogP contribution in [-0.2, 0) is 11.3 Å². The molecule has 0 fully saturated rings. The van der Waals surface area contributed by atoms with E-state index in [0.29, 0.717) is 23.4 Å². The largest absolute Gasteiger partial charge is 0.481 e. The van der Waals surface area contributed by atoms with Crippen molar-refractivity contribution in [2.24, 2.45) is 5.92 Å². The highest BCUT2D eigenvalue weighted by Crippen LogP contribution is 2.25. The molecular formula is C14H16FN3O2S. The molecule has 0 spiro atoms. The minimum atomic E-state index is -0.901. The molecule has 1 heterocycles. The lowest BCUT2D eigenvalue weighted by Gasteiger charge is -2.12. The Morgan fingerprint density at radius 3 is 2.57 bits per heavy atom. The van der Waals surface area contributed by atoms with Crippen molar-refractivity contribution in [1.82, 2.24) is 14.8 Å². The molecule has 2 rings (SSSR count). The van der Waals surface area contributed by atoms with Crippen molar-refractivity contribution in [3.8, 4) is 11.4 Å². The molecule has 0 aliphatic carbocycles. The van der Waals surface area contributed by atoms with Gasteiger partial charge >= 0.3 is 5.97 Å². The van der Waals surface area contributed by atoms with Gasteiger partial charge < -0.3 is 9.67 Å². The van der Waals surface area contributed by atoms with E-state index in [-0.39, 0.29) is 11.6 Å². The van der Waals surface area contributed by atoms with Gasteiger partial charge in [-0.15, -0.1) is 10.2 Å². The van der Waals surface area contributed by atoms with Gasteiger partial charge in [0.05, 0.1) is 5.75 Å². The van der Waals surface area contributed by atoms with E-state index in [1.807, 2.05) is 4.57 Å². The maximum absolute atomic E-state index is 13.0. The van der Waals surface area contributed by atoms with E-state index in [0.717, 1.165) is 17.3 Å². The molecule has 1 N–H and O–H groups in total. The number of carbonyl (C=O) groups is 1. The second kappa shape index (κ2) is 6.71. The molecule has 1 aromatic carbocycles. The molecular weight excluding hydrogens is 293 g/mol. The molecule has 0 radical (unpaired) electrons. The Morgan fingerprint density at radius 1 is 1.33 bits per heavy atom. The average Bonchev–Trinajstić information content (AvgIpc) is 2.79. The Morgan fingerprint density at radius 2 is 2.00 bits per heavy atom. The minimum absolute atomic E-state index is 0.0698. The van der Waals surface area contributed by atoms with Crippen LogP contribution in [0, 0.1) is 11.7 Å². The van der Waals surface area contributed by atoms with Gasteiger partial charge in [0, 0.05) is 12.1 Å². The number of carboxylic acid groups (broad SMARTS) is 1. The molecule has 0 bridgehead atoms. The van der Waals surface area contributed by atoms with Crippen molar-refractivity contribution >= 4 is 17.7 Å². The maximum atomic E-state index is 13.0. The Bertz CT molecular complexity index is 626. The van der Waals surface area contributed by atoms with Crippen LogP contribution in [0.3, 0.4) is 0 Å². The standard InChI is InChI=1S/C14H16FN3O2S/c1-9(2)7-18-13(10-3-5-11(15)6-4-10)16-17-14(18)21-8-12(19)20/h3-6,9H,7-8H2,1-2H3,(H,19,20). The second-order valence-corrected chi connectivity index (χ2v) is 5.94. The molecule has 112 valence electrons. The van der Waals surface area contributed by atoms with E-state index in [1.165, 1.54) is 12.1 Å². The summed E-state index contributed by atoms with van der Waals surface area (Å²) in [6, 6.07) is 6.02. The molecule has 0 atom stereocenters. The summed E-state index contributed by atoms with van der Waals surface area (Å²) in [7, 11) is 0. The first-order valence-electron chi connectivity index (χ1n) is 6.51. The monoisotopic (exact) mass is 309 g/mol. The molecule has 0 aliphatic heterocycles. The number of nitrogens with zero attached hydrogens (tertiary/aromatic N) is 3. The van der Waals surface area contributed by atoms with Gasteiger partial charge in [0.2, 0.25) is 0 Å². The first kappa shape index (κ1) is 15.5. The summed E-state index contributed by atoms with van der Waals surface area (Å²) in [5, 5.41) is 17.5. The lowest BCUT2D eigenvalue weighted by molar-refractivity contribution is -0.133. The summed E-state index contributed by atoms with van der Waals surface area (Å²) in [5.41, 5.74) is 0.756. The van der Waals surface area contributed by atoms with Crippen molar-refractivity contribution < 1.29 is 14.3 Å². The third-order valence-corrected chi connectivity index (χ3v) is 3.64. The number of halogens is 1. The molecule has 21 heavy (non-hydrogen) atoms. The smallest absolute Gasteiger partial charge is 0.313 e. The Hall–Kier alpha value is -1.89. The minimum Gasteiger partial charge on any atom is -0.481 e. The van der Waals surface area contributed by atoms with Gasteiger partial charge in [-0.1, -0.05) is 25.6 Å². The van der Waals surface area contributed by atoms with Gasteiger partial charge in [-0.2, -0.15) is 0 Å². The summed E-state index contributed by atoms with van der Waals surface area (Å²) < 4.78 is 14.9. The molecule has 0 saturated heterocycles. The molecule has 0 amide bonds. The fourth-order valence-electron chi connectivity index (χ4n) is 1.86. The molecule has 1 aromatic heterocycles. The summed E-state index contributed by atoms with van der Waals surface area (Å²) in [5.74, 6) is -0.308. The van der Waals surface area contributed by atoms with Gasteiger partial charge in [-0.25, -0.2) is 4.39 Å². The van der Waals surface area contributed by atoms with Crippen LogP contribution in [0.2, 0.25) is 0 Å². The fourth-order valence-corrected chi connectivity index (χ4v) is 2.53. The predicted molar refractivity (Wildman–Crippen MR) is 78.6 cm³/mol. The zero-order valence-electron chi connectivity index (χ0n) is 11.8. The van der Waals surface area contributed by atoms with Crippen molar-refractivity contribution in [2.45, 2.75) is 25.5 Å². The highest BCUT2D eigenvalue weighted by Gasteiger charge is 2.16. The van der Waals surface area contributed by atoms with Crippen LogP contribution >= 0.6 is 11.8 Å². The molecule has 2 aromatic rings. The number of benzene rings is 1. The summed E-state index contributed by atoms with van der Waals surface area (Å²) in [4.78, 5) is 10.7. The highest BCUT2D eigenvalue weighted by molar-refractivity contribution is 7.99. The van der Waals surface area contributed by atoms with Gasteiger partial charge in [-0.3, -0.25) is 4.79 Å². The quantitative estimate of drug-likeness (QED) is 0.831. The van der Waals surface area contributed by atoms with Gasteiger partial charge in [0.15, 0.2) is 11.0 Å². The van der Waals surface area contributed by atoms with E-state index in [4.69, 9.17) is 5.11 Å². The van der Waals surface area contributed by atoms with Crippen molar-refractivity contribution in [2.75, 3.05) is 5.75 Å². The number of hydrogen-bond donors (Lipinski definition) is 1. The third kappa shape index (κ3) is 4.04. The molecule has 0 unspecified atom stereocenters. The number of rotatable bonds is 6. The van der Waals surface area contributed by atoms with E-state index in [2.05, 4.69) is 24.0 Å². The van der Waals surface area contributed by atoms with Gasteiger partial charge in [-0.05, 0) is 30.2 Å². The number of thioether (sulfide) groups is 1. The van der Waals surface area contributed by atoms with Crippen LogP contribution in [0.25, 0.3) is 11.4 Å². The summed E-state index contributed by atoms with van der Waals surface area (Å²) in [6.07, 6.45) is 0. The van der Waals surface area contributed by atoms with Crippen LogP contribution in [0.1, 0.15) is 13.8 Å². The molecule has 7 heteroatoms. The number of aromatic nitrogens is 3. The summed E-state index contributed by atoms with van der Waals surface area (Å²) >= 11 is 1.13. The molecule has 5 nitrogen and oxygen atoms in total. The van der Waals surface area contributed by atoms with Gasteiger partial charge in [0.1, 0.15) is 5.82 Å². The molecule has 0 aliphatic rings. The SMILES string of the molecule is CC(C)Cn1c(SCC(=O)O)nnc1-c1ccc(F)cc1. The van der Waals surface area contributed by atoms with E-state index in [1.54, 1.807) is 12.1 Å². The topological polar surface area (TPSA) is 68.0 Å². The maximum Gasteiger partial charge on any atom is 0.313 e. The third-order valence-electron chi connectivity index (χ3n) is 2.69. The number of aliphatic carboxylic acids is 1. The van der Waals surface area contributed by atoms with Gasteiger partial charge in [0.25, 0.3) is 0 Å². The summed E-state index contributed by atoms with van der Waals surface area (Å²) in [6.45, 7) is 4.78. The Kier molecular flexibility index (Phi) is 4.95. The zero-order valence-corrected chi connectivity index (χ0v) is 12.6. The van der Waals surface area contributed by atoms with Crippen LogP contribution in [0.4, 0.5) is 4.39 Å². The van der Waals surface area contributed by atoms with Crippen LogP contribution in [0.15, 0.2) is 29.4 Å². The number of carboxylic acids is 1.